The Morgan fingerprint density at radius 2 is 1.69 bits per heavy atom. The molecule has 1 aromatic rings. The van der Waals surface area contributed by atoms with E-state index in [-0.39, 0.29) is 24.4 Å². The van der Waals surface area contributed by atoms with E-state index in [0.717, 1.165) is 0 Å². The molecule has 2 atom stereocenters. The van der Waals surface area contributed by atoms with Crippen LogP contribution in [0.25, 0.3) is 0 Å². The average Bonchev–Trinajstić information content (AvgIpc) is 2.97. The number of hydrogen-bond donors (Lipinski definition) is 3. The van der Waals surface area contributed by atoms with Gasteiger partial charge in [-0.2, -0.15) is 0 Å². The molecule has 0 aromatic heterocycles. The number of rotatable bonds is 7. The van der Waals surface area contributed by atoms with E-state index in [0.29, 0.717) is 17.4 Å². The van der Waals surface area contributed by atoms with Crippen molar-refractivity contribution in [2.24, 2.45) is 0 Å². The molecule has 0 radical (unpaired) electrons. The molecule has 1 fully saturated rings. The number of hydroxylamine groups is 2. The second-order valence-corrected chi connectivity index (χ2v) is 5.46. The van der Waals surface area contributed by atoms with E-state index < -0.39 is 35.9 Å². The van der Waals surface area contributed by atoms with Gasteiger partial charge in [-0.25, -0.2) is 4.79 Å². The van der Waals surface area contributed by atoms with Crippen molar-refractivity contribution in [2.75, 3.05) is 0 Å². The molecule has 3 amide bonds. The molecule has 2 unspecified atom stereocenters. The highest BCUT2D eigenvalue weighted by molar-refractivity contribution is 6.02. The van der Waals surface area contributed by atoms with Crippen molar-refractivity contribution in [3.05, 3.63) is 35.4 Å². The molecule has 1 aliphatic rings. The number of hydrogen-bond acceptors (Lipinski definition) is 8. The third-order valence-electron chi connectivity index (χ3n) is 3.58. The average molecular weight is 364 g/mol. The van der Waals surface area contributed by atoms with Crippen molar-refractivity contribution in [1.82, 2.24) is 10.4 Å². The first-order chi connectivity index (χ1) is 12.3. The highest BCUT2D eigenvalue weighted by Crippen LogP contribution is 2.13. The maximum atomic E-state index is 11.8. The number of carbonyl (C=O) groups excluding carboxylic acids is 5. The molecule has 0 aliphatic carbocycles. The fourth-order valence-corrected chi connectivity index (χ4v) is 2.08. The summed E-state index contributed by atoms with van der Waals surface area (Å²) in [6, 6.07) is 6.21. The molecule has 138 valence electrons. The van der Waals surface area contributed by atoms with Crippen LogP contribution in [0.4, 0.5) is 0 Å². The molecule has 0 bridgehead atoms. The molecule has 1 aromatic carbocycles. The van der Waals surface area contributed by atoms with Gasteiger partial charge in [0.15, 0.2) is 12.2 Å². The van der Waals surface area contributed by atoms with E-state index in [2.05, 4.69) is 10.2 Å². The number of imide groups is 1. The summed E-state index contributed by atoms with van der Waals surface area (Å²) in [6.07, 6.45) is -4.05. The lowest BCUT2D eigenvalue weighted by atomic mass is 10.1. The number of nitrogens with one attached hydrogen (secondary N) is 1. The largest absolute Gasteiger partial charge is 0.380 e. The van der Waals surface area contributed by atoms with Crippen LogP contribution in [0.5, 0.6) is 0 Å². The summed E-state index contributed by atoms with van der Waals surface area (Å²) in [4.78, 5) is 61.2. The Labute approximate surface area is 147 Å². The van der Waals surface area contributed by atoms with Crippen molar-refractivity contribution >= 4 is 30.0 Å². The van der Waals surface area contributed by atoms with Gasteiger partial charge >= 0.3 is 5.97 Å². The maximum absolute atomic E-state index is 11.8. The Kier molecular flexibility index (Phi) is 6.15. The SMILES string of the molecule is O=Cc1ccc(CNC(=O)C(O)C(O)C(=O)ON2C(=O)CCC2=O)cc1. The van der Waals surface area contributed by atoms with Crippen molar-refractivity contribution in [1.29, 1.82) is 0 Å². The van der Waals surface area contributed by atoms with E-state index in [4.69, 9.17) is 0 Å². The lowest BCUT2D eigenvalue weighted by Crippen LogP contribution is -2.48. The van der Waals surface area contributed by atoms with Gasteiger partial charge in [0.25, 0.3) is 17.7 Å². The van der Waals surface area contributed by atoms with Crippen LogP contribution in [0.1, 0.15) is 28.8 Å². The molecular formula is C16H16N2O8. The molecule has 1 saturated heterocycles. The van der Waals surface area contributed by atoms with E-state index in [1.807, 2.05) is 0 Å². The normalized spacial score (nSPS) is 16.2. The predicted molar refractivity (Wildman–Crippen MR) is 82.9 cm³/mol. The summed E-state index contributed by atoms with van der Waals surface area (Å²) in [6.45, 7) is -0.0279. The van der Waals surface area contributed by atoms with E-state index >= 15 is 0 Å². The van der Waals surface area contributed by atoms with Gasteiger partial charge < -0.3 is 20.4 Å². The Hall–Kier alpha value is -3.11. The third-order valence-corrected chi connectivity index (χ3v) is 3.58. The number of carbonyl (C=O) groups is 5. The molecule has 10 nitrogen and oxygen atoms in total. The minimum Gasteiger partial charge on any atom is -0.380 e. The molecule has 1 aliphatic heterocycles. The van der Waals surface area contributed by atoms with Crippen LogP contribution in [0.3, 0.4) is 0 Å². The standard InChI is InChI=1S/C16H16N2O8/c19-8-10-3-1-9(2-4-10)7-17-15(24)13(22)14(23)16(25)26-18-11(20)5-6-12(18)21/h1-4,8,13-14,22-23H,5-7H2,(H,17,24). The van der Waals surface area contributed by atoms with Gasteiger partial charge in [0, 0.05) is 24.9 Å². The zero-order valence-electron chi connectivity index (χ0n) is 13.5. The van der Waals surface area contributed by atoms with Crippen LogP contribution >= 0.6 is 0 Å². The Bertz CT molecular complexity index is 714. The van der Waals surface area contributed by atoms with Crippen LogP contribution in [0, 0.1) is 0 Å². The third kappa shape index (κ3) is 4.49. The first kappa shape index (κ1) is 19.2. The molecule has 0 spiro atoms. The summed E-state index contributed by atoms with van der Waals surface area (Å²) < 4.78 is 0. The topological polar surface area (TPSA) is 150 Å². The van der Waals surface area contributed by atoms with Gasteiger partial charge in [0.05, 0.1) is 0 Å². The fourth-order valence-electron chi connectivity index (χ4n) is 2.08. The molecule has 10 heteroatoms. The van der Waals surface area contributed by atoms with E-state index in [1.165, 1.54) is 12.1 Å². The lowest BCUT2D eigenvalue weighted by Gasteiger charge is -2.19. The molecular weight excluding hydrogens is 348 g/mol. The number of aliphatic hydroxyl groups is 2. The predicted octanol–water partition coefficient (Wildman–Crippen LogP) is -1.56. The van der Waals surface area contributed by atoms with Gasteiger partial charge in [-0.15, -0.1) is 5.06 Å². The molecule has 1 heterocycles. The number of nitrogens with zero attached hydrogens (tertiary/aromatic N) is 1. The molecule has 3 N–H and O–H groups in total. The number of aliphatic hydroxyl groups excluding tert-OH is 2. The summed E-state index contributed by atoms with van der Waals surface area (Å²) >= 11 is 0. The molecule has 26 heavy (non-hydrogen) atoms. The number of aldehydes is 1. The van der Waals surface area contributed by atoms with E-state index in [1.54, 1.807) is 12.1 Å². The Morgan fingerprint density at radius 1 is 1.12 bits per heavy atom. The number of benzene rings is 1. The monoisotopic (exact) mass is 364 g/mol. The quantitative estimate of drug-likeness (QED) is 0.388. The van der Waals surface area contributed by atoms with Crippen LogP contribution in [-0.2, 0) is 30.6 Å². The minimum atomic E-state index is -2.28. The van der Waals surface area contributed by atoms with Crippen LogP contribution in [0.2, 0.25) is 0 Å². The second-order valence-electron chi connectivity index (χ2n) is 5.46. The van der Waals surface area contributed by atoms with E-state index in [9.17, 15) is 34.2 Å². The van der Waals surface area contributed by atoms with Crippen molar-refractivity contribution in [2.45, 2.75) is 31.6 Å². The minimum absolute atomic E-state index is 0.0279. The smallest absolute Gasteiger partial charge is 0.364 e. The molecule has 0 saturated carbocycles. The van der Waals surface area contributed by atoms with Crippen molar-refractivity contribution in [3.63, 3.8) is 0 Å². The summed E-state index contributed by atoms with van der Waals surface area (Å²) in [5.74, 6) is -4.08. The van der Waals surface area contributed by atoms with Crippen LogP contribution in [-0.4, -0.2) is 57.5 Å². The fraction of sp³-hybridized carbons (Fsp3) is 0.312. The summed E-state index contributed by atoms with van der Waals surface area (Å²) in [5.41, 5.74) is 1.06. The highest BCUT2D eigenvalue weighted by Gasteiger charge is 2.38. The van der Waals surface area contributed by atoms with Gasteiger partial charge in [0.2, 0.25) is 0 Å². The van der Waals surface area contributed by atoms with Crippen LogP contribution < -0.4 is 5.32 Å². The van der Waals surface area contributed by atoms with Gasteiger partial charge in [-0.1, -0.05) is 24.3 Å². The first-order valence-corrected chi connectivity index (χ1v) is 7.59. The number of amides is 3. The van der Waals surface area contributed by atoms with Gasteiger partial charge in [-0.3, -0.25) is 19.2 Å². The highest BCUT2D eigenvalue weighted by atomic mass is 16.7. The zero-order valence-corrected chi connectivity index (χ0v) is 13.5. The van der Waals surface area contributed by atoms with Crippen LogP contribution in [0.15, 0.2) is 24.3 Å². The summed E-state index contributed by atoms with van der Waals surface area (Å²) in [5, 5.41) is 21.9. The van der Waals surface area contributed by atoms with Crippen molar-refractivity contribution in [3.8, 4) is 0 Å². The summed E-state index contributed by atoms with van der Waals surface area (Å²) in [7, 11) is 0. The zero-order chi connectivity index (χ0) is 19.3. The lowest BCUT2D eigenvalue weighted by molar-refractivity contribution is -0.206. The Balaban J connectivity index is 1.87. The van der Waals surface area contributed by atoms with Gasteiger partial charge in [-0.05, 0) is 5.56 Å². The first-order valence-electron chi connectivity index (χ1n) is 7.59. The second kappa shape index (κ2) is 8.32. The molecule has 2 rings (SSSR count). The van der Waals surface area contributed by atoms with Crippen molar-refractivity contribution < 1.29 is 39.0 Å². The van der Waals surface area contributed by atoms with Gasteiger partial charge in [0.1, 0.15) is 6.29 Å². The maximum Gasteiger partial charge on any atom is 0.364 e. The Morgan fingerprint density at radius 3 is 2.23 bits per heavy atom.